The molecule has 0 saturated heterocycles. The van der Waals surface area contributed by atoms with Gasteiger partial charge in [-0.05, 0) is 29.8 Å². The highest BCUT2D eigenvalue weighted by Gasteiger charge is 2.09. The molecule has 2 heterocycles. The highest BCUT2D eigenvalue weighted by molar-refractivity contribution is 5.92. The summed E-state index contributed by atoms with van der Waals surface area (Å²) in [7, 11) is 1.91. The van der Waals surface area contributed by atoms with Crippen LogP contribution in [0.3, 0.4) is 0 Å². The molecule has 0 aliphatic rings. The number of nitrogens with zero attached hydrogens (tertiary/aromatic N) is 3. The summed E-state index contributed by atoms with van der Waals surface area (Å²) in [4.78, 5) is 15.1. The molecular formula is C18H19N5O. The fraction of sp³-hybridized carbons (Fsp3) is 0.167. The average Bonchev–Trinajstić information content (AvgIpc) is 2.97. The number of hydrogen-bond acceptors (Lipinski definition) is 4. The molecule has 24 heavy (non-hydrogen) atoms. The molecule has 1 aromatic carbocycles. The van der Waals surface area contributed by atoms with Gasteiger partial charge in [0, 0.05) is 55.4 Å². The number of aromatic nitrogens is 3. The van der Waals surface area contributed by atoms with Gasteiger partial charge in [-0.3, -0.25) is 14.5 Å². The van der Waals surface area contributed by atoms with Gasteiger partial charge in [-0.15, -0.1) is 0 Å². The summed E-state index contributed by atoms with van der Waals surface area (Å²) < 4.78 is 1.81. The molecule has 0 aliphatic heterocycles. The van der Waals surface area contributed by atoms with Crippen LogP contribution in [0.1, 0.15) is 21.5 Å². The van der Waals surface area contributed by atoms with Crippen LogP contribution >= 0.6 is 0 Å². The Bertz CT molecular complexity index is 824. The third-order valence-electron chi connectivity index (χ3n) is 3.74. The molecule has 3 N–H and O–H groups in total. The van der Waals surface area contributed by atoms with Crippen LogP contribution < -0.4 is 11.1 Å². The first-order valence-corrected chi connectivity index (χ1v) is 7.66. The maximum Gasteiger partial charge on any atom is 0.248 e. The van der Waals surface area contributed by atoms with E-state index < -0.39 is 5.91 Å². The minimum Gasteiger partial charge on any atom is -0.366 e. The molecule has 0 aliphatic carbocycles. The molecule has 0 spiro atoms. The smallest absolute Gasteiger partial charge is 0.248 e. The molecule has 2 aromatic heterocycles. The number of rotatable bonds is 6. The lowest BCUT2D eigenvalue weighted by molar-refractivity contribution is 0.100. The van der Waals surface area contributed by atoms with E-state index in [1.54, 1.807) is 24.5 Å². The van der Waals surface area contributed by atoms with Crippen molar-refractivity contribution >= 4 is 5.91 Å². The van der Waals surface area contributed by atoms with E-state index in [-0.39, 0.29) is 0 Å². The maximum absolute atomic E-state index is 11.1. The van der Waals surface area contributed by atoms with Crippen molar-refractivity contribution < 1.29 is 4.79 Å². The van der Waals surface area contributed by atoms with Crippen molar-refractivity contribution in [1.82, 2.24) is 20.1 Å². The van der Waals surface area contributed by atoms with Gasteiger partial charge >= 0.3 is 0 Å². The Morgan fingerprint density at radius 2 is 1.83 bits per heavy atom. The van der Waals surface area contributed by atoms with Gasteiger partial charge in [0.15, 0.2) is 0 Å². The van der Waals surface area contributed by atoms with Crippen LogP contribution in [0.5, 0.6) is 0 Å². The van der Waals surface area contributed by atoms with E-state index in [0.29, 0.717) is 18.7 Å². The molecule has 3 aromatic rings. The number of hydrogen-bond donors (Lipinski definition) is 2. The van der Waals surface area contributed by atoms with E-state index in [4.69, 9.17) is 5.73 Å². The van der Waals surface area contributed by atoms with Crippen LogP contribution in [-0.4, -0.2) is 20.7 Å². The fourth-order valence-corrected chi connectivity index (χ4v) is 2.55. The molecule has 122 valence electrons. The summed E-state index contributed by atoms with van der Waals surface area (Å²) in [6.45, 7) is 1.40. The number of nitrogens with two attached hydrogens (primary N) is 1. The molecule has 6 nitrogen and oxygen atoms in total. The zero-order valence-corrected chi connectivity index (χ0v) is 13.4. The lowest BCUT2D eigenvalue weighted by Gasteiger charge is -2.06. The van der Waals surface area contributed by atoms with E-state index in [1.807, 2.05) is 42.2 Å². The SMILES string of the molecule is Cn1cc(CNCc2ccc(C(N)=O)cc2)c(-c2ccncc2)n1. The topological polar surface area (TPSA) is 85.8 Å². The Balaban J connectivity index is 1.66. The third-order valence-corrected chi connectivity index (χ3v) is 3.74. The highest BCUT2D eigenvalue weighted by atomic mass is 16.1. The summed E-state index contributed by atoms with van der Waals surface area (Å²) >= 11 is 0. The second kappa shape index (κ2) is 7.06. The van der Waals surface area contributed by atoms with Crippen LogP contribution in [0, 0.1) is 0 Å². The van der Waals surface area contributed by atoms with Crippen LogP contribution in [0.15, 0.2) is 55.0 Å². The molecule has 6 heteroatoms. The number of aryl methyl sites for hydroxylation is 1. The first-order valence-electron chi connectivity index (χ1n) is 7.66. The largest absolute Gasteiger partial charge is 0.366 e. The second-order valence-corrected chi connectivity index (χ2v) is 5.58. The Kier molecular flexibility index (Phi) is 4.67. The molecule has 0 saturated carbocycles. The number of nitrogens with one attached hydrogen (secondary N) is 1. The summed E-state index contributed by atoms with van der Waals surface area (Å²) in [5.74, 6) is -0.410. The van der Waals surface area contributed by atoms with Gasteiger partial charge < -0.3 is 11.1 Å². The number of pyridine rings is 1. The molecule has 0 bridgehead atoms. The molecule has 0 fully saturated rings. The van der Waals surface area contributed by atoms with Crippen molar-refractivity contribution in [1.29, 1.82) is 0 Å². The number of carbonyl (C=O) groups excluding carboxylic acids is 1. The summed E-state index contributed by atoms with van der Waals surface area (Å²) in [5, 5.41) is 7.94. The van der Waals surface area contributed by atoms with Gasteiger partial charge in [0.1, 0.15) is 0 Å². The first-order chi connectivity index (χ1) is 11.6. The molecular weight excluding hydrogens is 302 g/mol. The fourth-order valence-electron chi connectivity index (χ4n) is 2.55. The van der Waals surface area contributed by atoms with Crippen LogP contribution in [0.2, 0.25) is 0 Å². The van der Waals surface area contributed by atoms with E-state index in [9.17, 15) is 4.79 Å². The highest BCUT2D eigenvalue weighted by Crippen LogP contribution is 2.21. The predicted molar refractivity (Wildman–Crippen MR) is 91.9 cm³/mol. The Hall–Kier alpha value is -2.99. The van der Waals surface area contributed by atoms with Crippen molar-refractivity contribution in [2.45, 2.75) is 13.1 Å². The van der Waals surface area contributed by atoms with Crippen LogP contribution in [0.25, 0.3) is 11.3 Å². The summed E-state index contributed by atoms with van der Waals surface area (Å²) in [5.41, 5.74) is 9.98. The van der Waals surface area contributed by atoms with Crippen molar-refractivity contribution in [2.75, 3.05) is 0 Å². The second-order valence-electron chi connectivity index (χ2n) is 5.58. The zero-order chi connectivity index (χ0) is 16.9. The molecule has 1 amide bonds. The Labute approximate surface area is 140 Å². The number of amides is 1. The summed E-state index contributed by atoms with van der Waals surface area (Å²) in [6, 6.07) is 11.2. The summed E-state index contributed by atoms with van der Waals surface area (Å²) in [6.07, 6.45) is 5.54. The Morgan fingerprint density at radius 3 is 2.50 bits per heavy atom. The predicted octanol–water partition coefficient (Wildman–Crippen LogP) is 1.87. The van der Waals surface area contributed by atoms with Crippen LogP contribution in [-0.2, 0) is 20.1 Å². The van der Waals surface area contributed by atoms with E-state index in [2.05, 4.69) is 15.4 Å². The van der Waals surface area contributed by atoms with Gasteiger partial charge in [-0.1, -0.05) is 12.1 Å². The molecule has 0 unspecified atom stereocenters. The number of benzene rings is 1. The average molecular weight is 321 g/mol. The van der Waals surface area contributed by atoms with E-state index in [1.165, 1.54) is 0 Å². The van der Waals surface area contributed by atoms with Crippen molar-refractivity contribution in [3.8, 4) is 11.3 Å². The molecule has 3 rings (SSSR count). The zero-order valence-electron chi connectivity index (χ0n) is 13.4. The molecule has 0 radical (unpaired) electrons. The lowest BCUT2D eigenvalue weighted by Crippen LogP contribution is -2.14. The van der Waals surface area contributed by atoms with Gasteiger partial charge in [0.25, 0.3) is 0 Å². The van der Waals surface area contributed by atoms with Gasteiger partial charge in [0.05, 0.1) is 5.69 Å². The van der Waals surface area contributed by atoms with E-state index >= 15 is 0 Å². The minimum atomic E-state index is -0.410. The van der Waals surface area contributed by atoms with Crippen molar-refractivity contribution in [3.63, 3.8) is 0 Å². The lowest BCUT2D eigenvalue weighted by atomic mass is 10.1. The maximum atomic E-state index is 11.1. The van der Waals surface area contributed by atoms with Gasteiger partial charge in [0.2, 0.25) is 5.91 Å². The monoisotopic (exact) mass is 321 g/mol. The normalized spacial score (nSPS) is 10.7. The van der Waals surface area contributed by atoms with Crippen LogP contribution in [0.4, 0.5) is 0 Å². The number of primary amides is 1. The van der Waals surface area contributed by atoms with Gasteiger partial charge in [-0.25, -0.2) is 0 Å². The van der Waals surface area contributed by atoms with E-state index in [0.717, 1.165) is 22.4 Å². The standard InChI is InChI=1S/C18H19N5O/c1-23-12-16(17(22-23)14-6-8-20-9-7-14)11-21-10-13-2-4-15(5-3-13)18(19)24/h2-9,12,21H,10-11H2,1H3,(H2,19,24). The minimum absolute atomic E-state index is 0.410. The van der Waals surface area contributed by atoms with Crippen molar-refractivity contribution in [3.05, 3.63) is 71.7 Å². The van der Waals surface area contributed by atoms with Crippen molar-refractivity contribution in [2.24, 2.45) is 12.8 Å². The quantitative estimate of drug-likeness (QED) is 0.726. The molecule has 0 atom stereocenters. The first kappa shape index (κ1) is 15.9. The third kappa shape index (κ3) is 3.67. The number of carbonyl (C=O) groups is 1. The van der Waals surface area contributed by atoms with Gasteiger partial charge in [-0.2, -0.15) is 5.10 Å². The Morgan fingerprint density at radius 1 is 1.12 bits per heavy atom.